The van der Waals surface area contributed by atoms with Crippen molar-refractivity contribution in [1.82, 2.24) is 4.90 Å². The summed E-state index contributed by atoms with van der Waals surface area (Å²) < 4.78 is 0. The van der Waals surface area contributed by atoms with E-state index in [0.717, 1.165) is 17.6 Å². The van der Waals surface area contributed by atoms with Crippen LogP contribution in [0, 0.1) is 0 Å². The zero-order valence-electron chi connectivity index (χ0n) is 15.6. The topological polar surface area (TPSA) is 3.24 Å². The lowest BCUT2D eigenvalue weighted by molar-refractivity contribution is 0.209. The van der Waals surface area contributed by atoms with Crippen molar-refractivity contribution in [3.8, 4) is 0 Å². The third-order valence-corrected chi connectivity index (χ3v) is 6.30. The lowest BCUT2D eigenvalue weighted by atomic mass is 9.84. The molecule has 140 valence electrons. The van der Waals surface area contributed by atoms with E-state index in [9.17, 15) is 0 Å². The molecule has 0 aliphatic heterocycles. The van der Waals surface area contributed by atoms with Crippen LogP contribution in [-0.2, 0) is 0 Å². The Morgan fingerprint density at radius 3 is 2.28 bits per heavy atom. The van der Waals surface area contributed by atoms with Gasteiger partial charge in [0, 0.05) is 17.6 Å². The van der Waals surface area contributed by atoms with E-state index in [1.54, 1.807) is 0 Å². The van der Waals surface area contributed by atoms with E-state index in [-0.39, 0.29) is 12.4 Å². The molecule has 0 atom stereocenters. The Morgan fingerprint density at radius 1 is 1.00 bits per heavy atom. The van der Waals surface area contributed by atoms with E-state index >= 15 is 0 Å². The number of halogens is 2. The molecule has 0 heterocycles. The summed E-state index contributed by atoms with van der Waals surface area (Å²) in [6.07, 6.45) is 18.2. The molecule has 1 aromatic rings. The molecule has 1 aromatic carbocycles. The highest BCUT2D eigenvalue weighted by Gasteiger charge is 2.18. The number of hydrogen-bond donors (Lipinski definition) is 0. The van der Waals surface area contributed by atoms with Gasteiger partial charge in [0.05, 0.1) is 0 Å². The van der Waals surface area contributed by atoms with Crippen LogP contribution in [0.1, 0.15) is 81.3 Å². The summed E-state index contributed by atoms with van der Waals surface area (Å²) in [5.41, 5.74) is 2.60. The number of nitrogens with zero attached hydrogens (tertiary/aromatic N) is 1. The molecular formula is C22H33Cl2N. The zero-order valence-corrected chi connectivity index (χ0v) is 17.1. The number of rotatable bonds is 5. The van der Waals surface area contributed by atoms with Gasteiger partial charge in [-0.25, -0.2) is 0 Å². The van der Waals surface area contributed by atoms with Crippen LogP contribution >= 0.6 is 24.0 Å². The molecule has 0 aromatic heterocycles. The molecule has 0 spiro atoms. The van der Waals surface area contributed by atoms with Gasteiger partial charge in [-0.1, -0.05) is 74.4 Å². The van der Waals surface area contributed by atoms with E-state index in [2.05, 4.69) is 42.3 Å². The van der Waals surface area contributed by atoms with Gasteiger partial charge in [0.15, 0.2) is 0 Å². The summed E-state index contributed by atoms with van der Waals surface area (Å²) in [5, 5.41) is 0.963. The predicted molar refractivity (Wildman–Crippen MR) is 113 cm³/mol. The van der Waals surface area contributed by atoms with Crippen molar-refractivity contribution in [1.29, 1.82) is 0 Å². The molecule has 25 heavy (non-hydrogen) atoms. The minimum absolute atomic E-state index is 0. The Balaban J connectivity index is 0.00000225. The molecular weight excluding hydrogens is 349 g/mol. The molecule has 2 aliphatic carbocycles. The first-order valence-corrected chi connectivity index (χ1v) is 10.3. The lowest BCUT2D eigenvalue weighted by Gasteiger charge is -2.30. The molecule has 1 nitrogen and oxygen atoms in total. The fourth-order valence-corrected chi connectivity index (χ4v) is 4.76. The van der Waals surface area contributed by atoms with Gasteiger partial charge in [-0.05, 0) is 55.8 Å². The van der Waals surface area contributed by atoms with Gasteiger partial charge >= 0.3 is 0 Å². The third kappa shape index (κ3) is 6.01. The van der Waals surface area contributed by atoms with Crippen molar-refractivity contribution >= 4 is 30.1 Å². The summed E-state index contributed by atoms with van der Waals surface area (Å²) in [4.78, 5) is 2.51. The molecule has 0 amide bonds. The minimum atomic E-state index is 0. The van der Waals surface area contributed by atoms with Crippen molar-refractivity contribution in [2.45, 2.75) is 76.2 Å². The smallest absolute Gasteiger partial charge is 0.0446 e. The molecule has 2 saturated carbocycles. The highest BCUT2D eigenvalue weighted by Crippen LogP contribution is 2.36. The van der Waals surface area contributed by atoms with E-state index in [1.807, 2.05) is 0 Å². The van der Waals surface area contributed by atoms with Crippen LogP contribution in [-0.4, -0.2) is 24.5 Å². The second-order valence-corrected chi connectivity index (χ2v) is 8.16. The van der Waals surface area contributed by atoms with Crippen LogP contribution in [0.4, 0.5) is 0 Å². The first kappa shape index (κ1) is 20.8. The molecule has 2 fully saturated rings. The Kier molecular flexibility index (Phi) is 8.82. The van der Waals surface area contributed by atoms with Crippen molar-refractivity contribution in [2.24, 2.45) is 0 Å². The van der Waals surface area contributed by atoms with E-state index < -0.39 is 0 Å². The molecule has 2 aliphatic rings. The average Bonchev–Trinajstić information content (AvgIpc) is 2.63. The molecule has 0 unspecified atom stereocenters. The summed E-state index contributed by atoms with van der Waals surface area (Å²) in [5.74, 6) is 0.682. The third-order valence-electron chi connectivity index (χ3n) is 5.97. The predicted octanol–water partition coefficient (Wildman–Crippen LogP) is 7.09. The number of likely N-dealkylation sites (N-methyl/N-ethyl adjacent to an activating group) is 1. The van der Waals surface area contributed by atoms with E-state index in [4.69, 9.17) is 11.6 Å². The fraction of sp³-hybridized carbons (Fsp3) is 0.636. The largest absolute Gasteiger partial charge is 0.300 e. The van der Waals surface area contributed by atoms with Gasteiger partial charge in [-0.3, -0.25) is 4.90 Å². The van der Waals surface area contributed by atoms with Crippen LogP contribution in [0.3, 0.4) is 0 Å². The first-order chi connectivity index (χ1) is 11.7. The molecule has 3 heteroatoms. The van der Waals surface area contributed by atoms with Crippen LogP contribution < -0.4 is 0 Å². The summed E-state index contributed by atoms with van der Waals surface area (Å²) >= 11 is 6.58. The van der Waals surface area contributed by atoms with E-state index in [0.29, 0.717) is 5.92 Å². The summed E-state index contributed by atoms with van der Waals surface area (Å²) in [6, 6.07) is 7.44. The van der Waals surface area contributed by atoms with Crippen LogP contribution in [0.25, 0.3) is 6.08 Å². The molecule has 0 bridgehead atoms. The van der Waals surface area contributed by atoms with Crippen LogP contribution in [0.5, 0.6) is 0 Å². The van der Waals surface area contributed by atoms with Gasteiger partial charge in [0.2, 0.25) is 0 Å². The van der Waals surface area contributed by atoms with Crippen molar-refractivity contribution in [2.75, 3.05) is 13.6 Å². The number of hydrogen-bond acceptors (Lipinski definition) is 1. The van der Waals surface area contributed by atoms with Crippen LogP contribution in [0.15, 0.2) is 24.3 Å². The summed E-state index contributed by atoms with van der Waals surface area (Å²) in [6.45, 7) is 1.03. The normalized spacial score (nSPS) is 20.1. The maximum atomic E-state index is 6.58. The molecule has 0 saturated heterocycles. The van der Waals surface area contributed by atoms with Gasteiger partial charge in [-0.15, -0.1) is 12.4 Å². The van der Waals surface area contributed by atoms with Gasteiger partial charge < -0.3 is 0 Å². The van der Waals surface area contributed by atoms with Gasteiger partial charge in [0.25, 0.3) is 0 Å². The monoisotopic (exact) mass is 381 g/mol. The maximum Gasteiger partial charge on any atom is 0.0446 e. The van der Waals surface area contributed by atoms with Crippen molar-refractivity contribution < 1.29 is 0 Å². The highest BCUT2D eigenvalue weighted by molar-refractivity contribution is 6.31. The standard InChI is InChI=1S/C22H32ClN.ClH/c1-24(20-12-6-3-7-13-20)16-8-9-18-14-15-21(22(23)17-18)19-10-4-2-5-11-19;/h8-9,14-15,17,19-20H,2-7,10-13,16H2,1H3;1H/b9-8-;. The van der Waals surface area contributed by atoms with Gasteiger partial charge in [0.1, 0.15) is 0 Å². The Bertz CT molecular complexity index is 543. The van der Waals surface area contributed by atoms with Crippen molar-refractivity contribution in [3.05, 3.63) is 40.4 Å². The second-order valence-electron chi connectivity index (χ2n) is 7.75. The first-order valence-electron chi connectivity index (χ1n) is 9.90. The molecule has 0 radical (unpaired) electrons. The SMILES string of the molecule is CN(C/C=C\c1ccc(C2CCCCC2)c(Cl)c1)C1CCCCC1.Cl. The Morgan fingerprint density at radius 2 is 1.64 bits per heavy atom. The zero-order chi connectivity index (χ0) is 16.8. The minimum Gasteiger partial charge on any atom is -0.300 e. The maximum absolute atomic E-state index is 6.58. The van der Waals surface area contributed by atoms with Crippen molar-refractivity contribution in [3.63, 3.8) is 0 Å². The fourth-order valence-electron chi connectivity index (χ4n) is 4.42. The highest BCUT2D eigenvalue weighted by atomic mass is 35.5. The molecule has 0 N–H and O–H groups in total. The van der Waals surface area contributed by atoms with Crippen LogP contribution in [0.2, 0.25) is 5.02 Å². The second kappa shape index (κ2) is 10.6. The lowest BCUT2D eigenvalue weighted by Crippen LogP contribution is -2.33. The Labute approximate surface area is 165 Å². The van der Waals surface area contributed by atoms with Gasteiger partial charge in [-0.2, -0.15) is 0 Å². The quantitative estimate of drug-likeness (QED) is 0.525. The average molecular weight is 382 g/mol. The number of benzene rings is 1. The van der Waals surface area contributed by atoms with E-state index in [1.165, 1.54) is 75.3 Å². The summed E-state index contributed by atoms with van der Waals surface area (Å²) in [7, 11) is 2.26. The Hall–Kier alpha value is -0.500. The molecule has 3 rings (SSSR count).